The topological polar surface area (TPSA) is 0 Å². The minimum absolute atomic E-state index is 0. The van der Waals surface area contributed by atoms with Crippen LogP contribution in [0.5, 0.6) is 0 Å². The van der Waals surface area contributed by atoms with Crippen molar-refractivity contribution in [2.45, 2.75) is 78.6 Å². The standard InChI is InChI=1S/C20H30Si.2C7H7.Ti/c1-13-11-19(7,17(5)15(13)3)21(9,10)20(8)12-14(2)16(4)18(20)6;2*1-7-5-3-2-4-6-7;/h1-10H3;2*2-6H,1H2;/q-2;2*-1;+4. The summed E-state index contributed by atoms with van der Waals surface area (Å²) in [7, 11) is -1.76. The molecule has 2 heteroatoms. The van der Waals surface area contributed by atoms with Gasteiger partial charge in [0.2, 0.25) is 0 Å². The van der Waals surface area contributed by atoms with Gasteiger partial charge < -0.3 is 0 Å². The summed E-state index contributed by atoms with van der Waals surface area (Å²) < 4.78 is 0. The van der Waals surface area contributed by atoms with Crippen LogP contribution in [-0.4, -0.2) is 8.07 Å². The number of rotatable bonds is 2. The van der Waals surface area contributed by atoms with E-state index in [4.69, 9.17) is 0 Å². The van der Waals surface area contributed by atoms with E-state index in [9.17, 15) is 0 Å². The van der Waals surface area contributed by atoms with Crippen molar-refractivity contribution < 1.29 is 21.7 Å². The van der Waals surface area contributed by atoms with Gasteiger partial charge in [0.15, 0.2) is 0 Å². The number of allylic oxidation sites excluding steroid dienone is 8. The van der Waals surface area contributed by atoms with Crippen LogP contribution < -0.4 is 0 Å². The molecule has 2 aliphatic carbocycles. The van der Waals surface area contributed by atoms with Crippen LogP contribution in [0.4, 0.5) is 0 Å². The molecule has 4 rings (SSSR count). The first-order chi connectivity index (χ1) is 16.2. The van der Waals surface area contributed by atoms with E-state index in [1.54, 1.807) is 0 Å². The largest absolute Gasteiger partial charge is 4.00 e. The average molecular weight is 529 g/mol. The molecule has 0 nitrogen and oxygen atoms in total. The molecular weight excluding hydrogens is 484 g/mol. The van der Waals surface area contributed by atoms with E-state index in [1.165, 1.54) is 33.4 Å². The fourth-order valence-electron chi connectivity index (χ4n) is 5.14. The SMILES string of the molecule is CC1=[C-]C(C)([Si](C)(C)C2(C)[C-]=C(C)C(C)=C2C)C(C)=C1C.[CH2-]c1ccccc1.[CH2-]c1ccccc1.[Ti+4]. The van der Waals surface area contributed by atoms with Gasteiger partial charge in [-0.15, -0.1) is 38.1 Å². The van der Waals surface area contributed by atoms with Crippen molar-refractivity contribution in [3.8, 4) is 0 Å². The van der Waals surface area contributed by atoms with E-state index in [0.717, 1.165) is 11.1 Å². The smallest absolute Gasteiger partial charge is 0.266 e. The molecule has 0 saturated carbocycles. The zero-order valence-electron chi connectivity index (χ0n) is 24.2. The Kier molecular flexibility index (Phi) is 11.2. The molecule has 0 bridgehead atoms. The van der Waals surface area contributed by atoms with Gasteiger partial charge in [0.25, 0.3) is 0 Å². The molecule has 0 aliphatic heterocycles. The molecule has 0 N–H and O–H groups in total. The Morgan fingerprint density at radius 1 is 0.583 bits per heavy atom. The molecular formula is C34H44SiTi. The maximum atomic E-state index is 3.85. The Balaban J connectivity index is 0.000000351. The van der Waals surface area contributed by atoms with Gasteiger partial charge in [-0.05, 0) is 0 Å². The first kappa shape index (κ1) is 32.1. The van der Waals surface area contributed by atoms with Crippen molar-refractivity contribution in [2.75, 3.05) is 0 Å². The summed E-state index contributed by atoms with van der Waals surface area (Å²) in [5.74, 6) is 0. The second-order valence-corrected chi connectivity index (χ2v) is 16.1. The quantitative estimate of drug-likeness (QED) is 0.269. The summed E-state index contributed by atoms with van der Waals surface area (Å²) in [5, 5.41) is 0.185. The van der Waals surface area contributed by atoms with Crippen molar-refractivity contribution in [1.29, 1.82) is 0 Å². The van der Waals surface area contributed by atoms with E-state index in [0.29, 0.717) is 0 Å². The van der Waals surface area contributed by atoms with Crippen LogP contribution >= 0.6 is 0 Å². The van der Waals surface area contributed by atoms with Crippen LogP contribution in [0.25, 0.3) is 0 Å². The van der Waals surface area contributed by atoms with Crippen molar-refractivity contribution in [3.05, 3.63) is 131 Å². The molecule has 2 atom stereocenters. The number of hydrogen-bond donors (Lipinski definition) is 0. The Labute approximate surface area is 238 Å². The molecule has 0 amide bonds. The molecule has 0 spiro atoms. The predicted octanol–water partition coefficient (Wildman–Crippen LogP) is 10.1. The maximum absolute atomic E-state index is 3.85. The molecule has 0 radical (unpaired) electrons. The molecule has 0 fully saturated rings. The summed E-state index contributed by atoms with van der Waals surface area (Å²) in [4.78, 5) is 0. The zero-order chi connectivity index (χ0) is 26.6. The molecule has 36 heavy (non-hydrogen) atoms. The minimum atomic E-state index is -1.76. The van der Waals surface area contributed by atoms with Gasteiger partial charge in [-0.3, -0.25) is 12.2 Å². The molecule has 2 unspecified atom stereocenters. The van der Waals surface area contributed by atoms with Crippen LogP contribution in [0.15, 0.2) is 94.1 Å². The normalized spacial score (nSPS) is 23.1. The van der Waals surface area contributed by atoms with Gasteiger partial charge in [0.05, 0.1) is 0 Å². The average Bonchev–Trinajstić information content (AvgIpc) is 3.15. The fraction of sp³-hybridized carbons (Fsp3) is 0.353. The van der Waals surface area contributed by atoms with Crippen molar-refractivity contribution in [3.63, 3.8) is 0 Å². The van der Waals surface area contributed by atoms with Gasteiger partial charge >= 0.3 is 21.7 Å². The molecule has 0 aromatic heterocycles. The van der Waals surface area contributed by atoms with Crippen LogP contribution in [0, 0.1) is 26.0 Å². The first-order valence-electron chi connectivity index (χ1n) is 12.5. The monoisotopic (exact) mass is 528 g/mol. The molecule has 188 valence electrons. The van der Waals surface area contributed by atoms with E-state index in [2.05, 4.69) is 94.5 Å². The summed E-state index contributed by atoms with van der Waals surface area (Å²) >= 11 is 0. The second kappa shape index (κ2) is 12.5. The fourth-order valence-corrected chi connectivity index (χ4v) is 9.39. The third-order valence-corrected chi connectivity index (χ3v) is 14.8. The van der Waals surface area contributed by atoms with Gasteiger partial charge in [0.1, 0.15) is 0 Å². The second-order valence-electron chi connectivity index (χ2n) is 10.8. The number of hydrogen-bond acceptors (Lipinski definition) is 0. The first-order valence-corrected chi connectivity index (χ1v) is 15.5. The Bertz CT molecular complexity index is 1060. The van der Waals surface area contributed by atoms with E-state index in [1.807, 2.05) is 60.7 Å². The van der Waals surface area contributed by atoms with Crippen LogP contribution in [-0.2, 0) is 21.7 Å². The van der Waals surface area contributed by atoms with Gasteiger partial charge in [-0.25, -0.2) is 11.1 Å². The van der Waals surface area contributed by atoms with Crippen molar-refractivity contribution >= 4 is 8.07 Å². The van der Waals surface area contributed by atoms with E-state index in [-0.39, 0.29) is 31.8 Å². The van der Waals surface area contributed by atoms with E-state index < -0.39 is 8.07 Å². The maximum Gasteiger partial charge on any atom is 4.00 e. The Morgan fingerprint density at radius 2 is 0.861 bits per heavy atom. The Hall–Kier alpha value is -1.93. The molecule has 2 aliphatic rings. The molecule has 0 heterocycles. The third kappa shape index (κ3) is 6.31. The van der Waals surface area contributed by atoms with Gasteiger partial charge in [0, 0.05) is 8.07 Å². The summed E-state index contributed by atoms with van der Waals surface area (Å²) in [5.41, 5.74) is 10.8. The van der Waals surface area contributed by atoms with Crippen LogP contribution in [0.3, 0.4) is 0 Å². The number of benzene rings is 2. The van der Waals surface area contributed by atoms with Crippen molar-refractivity contribution in [2.24, 2.45) is 0 Å². The van der Waals surface area contributed by atoms with Gasteiger partial charge in [-0.2, -0.15) is 71.5 Å². The Morgan fingerprint density at radius 3 is 1.03 bits per heavy atom. The van der Waals surface area contributed by atoms with Crippen LogP contribution in [0.2, 0.25) is 23.2 Å². The summed E-state index contributed by atoms with van der Waals surface area (Å²) in [6, 6.07) is 19.7. The van der Waals surface area contributed by atoms with Crippen molar-refractivity contribution in [1.82, 2.24) is 0 Å². The summed E-state index contributed by atoms with van der Waals surface area (Å²) in [6.45, 7) is 30.9. The van der Waals surface area contributed by atoms with Crippen LogP contribution in [0.1, 0.15) is 66.5 Å². The molecule has 2 aromatic carbocycles. The molecule has 0 saturated heterocycles. The third-order valence-electron chi connectivity index (χ3n) is 8.81. The zero-order valence-corrected chi connectivity index (χ0v) is 26.7. The molecule has 2 aromatic rings. The van der Waals surface area contributed by atoms with E-state index >= 15 is 0 Å². The minimum Gasteiger partial charge on any atom is -0.266 e. The summed E-state index contributed by atoms with van der Waals surface area (Å²) in [6.07, 6.45) is 7.71. The van der Waals surface area contributed by atoms with Gasteiger partial charge in [-0.1, -0.05) is 76.8 Å². The predicted molar refractivity (Wildman–Crippen MR) is 158 cm³/mol.